The first-order valence-corrected chi connectivity index (χ1v) is 8.15. The molecule has 0 spiro atoms. The molecule has 1 rings (SSSR count). The van der Waals surface area contributed by atoms with Gasteiger partial charge in [-0.2, -0.15) is 11.8 Å². The maximum Gasteiger partial charge on any atom is 0.00675 e. The molecule has 1 aliphatic carbocycles. The standard InChI is InChI=1S/C14H29NS/c1-14(2,3)12-6-5-7-13(9-8-12)15-10-11-16-4/h12-13,15H,5-11H2,1-4H3. The van der Waals surface area contributed by atoms with E-state index in [-0.39, 0.29) is 0 Å². The molecule has 1 saturated carbocycles. The Morgan fingerprint density at radius 2 is 1.88 bits per heavy atom. The van der Waals surface area contributed by atoms with E-state index in [4.69, 9.17) is 0 Å². The minimum absolute atomic E-state index is 0.508. The third kappa shape index (κ3) is 5.09. The lowest BCUT2D eigenvalue weighted by atomic mass is 9.76. The van der Waals surface area contributed by atoms with Crippen LogP contribution in [0.4, 0.5) is 0 Å². The molecule has 0 radical (unpaired) electrons. The molecule has 2 unspecified atom stereocenters. The summed E-state index contributed by atoms with van der Waals surface area (Å²) >= 11 is 1.94. The maximum atomic E-state index is 3.71. The van der Waals surface area contributed by atoms with Crippen molar-refractivity contribution in [2.45, 2.75) is 58.9 Å². The van der Waals surface area contributed by atoms with Crippen LogP contribution in [0.2, 0.25) is 0 Å². The van der Waals surface area contributed by atoms with E-state index < -0.39 is 0 Å². The van der Waals surface area contributed by atoms with Crippen LogP contribution in [0.15, 0.2) is 0 Å². The van der Waals surface area contributed by atoms with E-state index in [2.05, 4.69) is 32.3 Å². The second-order valence-corrected chi connectivity index (χ2v) is 7.20. The van der Waals surface area contributed by atoms with E-state index in [1.54, 1.807) is 0 Å². The summed E-state index contributed by atoms with van der Waals surface area (Å²) in [6.07, 6.45) is 9.23. The van der Waals surface area contributed by atoms with Crippen LogP contribution in [0.25, 0.3) is 0 Å². The zero-order valence-corrected chi connectivity index (χ0v) is 12.3. The van der Waals surface area contributed by atoms with E-state index in [9.17, 15) is 0 Å². The molecule has 16 heavy (non-hydrogen) atoms. The largest absolute Gasteiger partial charge is 0.313 e. The molecule has 0 amide bonds. The molecular weight excluding hydrogens is 214 g/mol. The molecule has 1 aliphatic rings. The smallest absolute Gasteiger partial charge is 0.00675 e. The number of thioether (sulfide) groups is 1. The van der Waals surface area contributed by atoms with E-state index in [0.29, 0.717) is 5.41 Å². The highest BCUT2D eigenvalue weighted by Gasteiger charge is 2.27. The Hall–Kier alpha value is 0.310. The highest BCUT2D eigenvalue weighted by atomic mass is 32.2. The van der Waals surface area contributed by atoms with Gasteiger partial charge < -0.3 is 5.32 Å². The Kier molecular flexibility index (Phi) is 6.20. The lowest BCUT2D eigenvalue weighted by molar-refractivity contribution is 0.213. The summed E-state index contributed by atoms with van der Waals surface area (Å²) in [5, 5.41) is 3.71. The van der Waals surface area contributed by atoms with Gasteiger partial charge in [-0.25, -0.2) is 0 Å². The lowest BCUT2D eigenvalue weighted by Gasteiger charge is -2.29. The van der Waals surface area contributed by atoms with Crippen molar-refractivity contribution < 1.29 is 0 Å². The first-order chi connectivity index (χ1) is 7.54. The molecule has 0 bridgehead atoms. The van der Waals surface area contributed by atoms with Gasteiger partial charge in [-0.15, -0.1) is 0 Å². The summed E-state index contributed by atoms with van der Waals surface area (Å²) in [5.74, 6) is 2.18. The Morgan fingerprint density at radius 3 is 2.50 bits per heavy atom. The summed E-state index contributed by atoms with van der Waals surface area (Å²) in [6, 6.07) is 0.791. The first-order valence-electron chi connectivity index (χ1n) is 6.76. The first kappa shape index (κ1) is 14.4. The van der Waals surface area contributed by atoms with E-state index in [1.165, 1.54) is 44.4 Å². The molecule has 2 heteroatoms. The molecule has 1 nitrogen and oxygen atoms in total. The van der Waals surface area contributed by atoms with Gasteiger partial charge in [0, 0.05) is 18.3 Å². The minimum atomic E-state index is 0.508. The van der Waals surface area contributed by atoms with Crippen LogP contribution in [0.1, 0.15) is 52.9 Å². The molecular formula is C14H29NS. The Labute approximate surface area is 106 Å². The third-order valence-electron chi connectivity index (χ3n) is 3.93. The Bertz CT molecular complexity index is 186. The second kappa shape index (κ2) is 6.90. The van der Waals surface area contributed by atoms with Crippen molar-refractivity contribution in [3.8, 4) is 0 Å². The highest BCUT2D eigenvalue weighted by molar-refractivity contribution is 7.98. The van der Waals surface area contributed by atoms with Crippen molar-refractivity contribution in [3.05, 3.63) is 0 Å². The van der Waals surface area contributed by atoms with E-state index >= 15 is 0 Å². The number of nitrogens with one attached hydrogen (secondary N) is 1. The SMILES string of the molecule is CSCCNC1CCCC(C(C)(C)C)CC1. The van der Waals surface area contributed by atoms with Crippen molar-refractivity contribution in [2.24, 2.45) is 11.3 Å². The molecule has 2 atom stereocenters. The molecule has 0 aromatic rings. The Balaban J connectivity index is 2.29. The van der Waals surface area contributed by atoms with Crippen molar-refractivity contribution in [2.75, 3.05) is 18.6 Å². The van der Waals surface area contributed by atoms with Crippen LogP contribution >= 0.6 is 11.8 Å². The highest BCUT2D eigenvalue weighted by Crippen LogP contribution is 2.36. The van der Waals surface area contributed by atoms with E-state index in [0.717, 1.165) is 12.0 Å². The lowest BCUT2D eigenvalue weighted by Crippen LogP contribution is -2.30. The van der Waals surface area contributed by atoms with Gasteiger partial charge in [-0.3, -0.25) is 0 Å². The summed E-state index contributed by atoms with van der Waals surface area (Å²) < 4.78 is 0. The Morgan fingerprint density at radius 1 is 1.12 bits per heavy atom. The van der Waals surface area contributed by atoms with Gasteiger partial charge in [0.05, 0.1) is 0 Å². The number of rotatable bonds is 4. The van der Waals surface area contributed by atoms with Crippen molar-refractivity contribution in [1.29, 1.82) is 0 Å². The van der Waals surface area contributed by atoms with Gasteiger partial charge in [0.2, 0.25) is 0 Å². The number of hydrogen-bond acceptors (Lipinski definition) is 2. The van der Waals surface area contributed by atoms with Crippen molar-refractivity contribution in [3.63, 3.8) is 0 Å². The average Bonchev–Trinajstić information content (AvgIpc) is 2.43. The monoisotopic (exact) mass is 243 g/mol. The van der Waals surface area contributed by atoms with Gasteiger partial charge >= 0.3 is 0 Å². The normalized spacial score (nSPS) is 27.8. The molecule has 0 aromatic carbocycles. The van der Waals surface area contributed by atoms with Gasteiger partial charge in [-0.1, -0.05) is 27.2 Å². The predicted octanol–water partition coefficient (Wildman–Crippen LogP) is 3.93. The van der Waals surface area contributed by atoms with Crippen LogP contribution in [-0.4, -0.2) is 24.6 Å². The quantitative estimate of drug-likeness (QED) is 0.593. The van der Waals surface area contributed by atoms with Gasteiger partial charge in [0.1, 0.15) is 0 Å². The summed E-state index contributed by atoms with van der Waals surface area (Å²) in [5.41, 5.74) is 0.508. The van der Waals surface area contributed by atoms with Crippen molar-refractivity contribution in [1.82, 2.24) is 5.32 Å². The van der Waals surface area contributed by atoms with Crippen LogP contribution in [0, 0.1) is 11.3 Å². The van der Waals surface area contributed by atoms with Crippen LogP contribution in [0.3, 0.4) is 0 Å². The summed E-state index contributed by atoms with van der Waals surface area (Å²) in [6.45, 7) is 8.39. The van der Waals surface area contributed by atoms with Crippen molar-refractivity contribution >= 4 is 11.8 Å². The molecule has 1 N–H and O–H groups in total. The average molecular weight is 243 g/mol. The fourth-order valence-corrected chi connectivity index (χ4v) is 3.06. The van der Waals surface area contributed by atoms with Gasteiger partial charge in [0.25, 0.3) is 0 Å². The molecule has 0 aromatic heterocycles. The van der Waals surface area contributed by atoms with E-state index in [1.807, 2.05) is 11.8 Å². The zero-order valence-electron chi connectivity index (χ0n) is 11.5. The fraction of sp³-hybridized carbons (Fsp3) is 1.00. The van der Waals surface area contributed by atoms with Crippen LogP contribution in [0.5, 0.6) is 0 Å². The maximum absolute atomic E-state index is 3.71. The van der Waals surface area contributed by atoms with Gasteiger partial charge in [-0.05, 0) is 43.3 Å². The molecule has 0 aliphatic heterocycles. The molecule has 96 valence electrons. The third-order valence-corrected chi connectivity index (χ3v) is 4.55. The number of hydrogen-bond donors (Lipinski definition) is 1. The molecule has 0 heterocycles. The predicted molar refractivity (Wildman–Crippen MR) is 76.2 cm³/mol. The van der Waals surface area contributed by atoms with Crippen LogP contribution < -0.4 is 5.32 Å². The van der Waals surface area contributed by atoms with Gasteiger partial charge in [0.15, 0.2) is 0 Å². The summed E-state index contributed by atoms with van der Waals surface area (Å²) in [4.78, 5) is 0. The topological polar surface area (TPSA) is 12.0 Å². The molecule has 0 saturated heterocycles. The molecule has 1 fully saturated rings. The minimum Gasteiger partial charge on any atom is -0.313 e. The summed E-state index contributed by atoms with van der Waals surface area (Å²) in [7, 11) is 0. The fourth-order valence-electron chi connectivity index (χ4n) is 2.74. The second-order valence-electron chi connectivity index (χ2n) is 6.22. The zero-order chi connectivity index (χ0) is 12.0. The van der Waals surface area contributed by atoms with Crippen LogP contribution in [-0.2, 0) is 0 Å².